The van der Waals surface area contributed by atoms with Crippen molar-refractivity contribution in [1.82, 2.24) is 14.9 Å². The molecule has 0 aliphatic carbocycles. The standard InChI is InChI=1S/C20H32N4O4S/c1-6-17(5)21-20(26)22-18(25)13-23-7-9-24(10-8-23)29(27,28)19-15(3)11-14(2)12-16(19)4/h11-12,17H,6-10,13H2,1-5H3,(H2,21,22,25,26)/p+1/t17-/m1/s1. The van der Waals surface area contributed by atoms with E-state index < -0.39 is 16.1 Å². The number of aryl methyl sites for hydroxylation is 3. The lowest BCUT2D eigenvalue weighted by atomic mass is 10.1. The minimum atomic E-state index is -3.57. The number of benzene rings is 1. The van der Waals surface area contributed by atoms with E-state index in [4.69, 9.17) is 0 Å². The minimum Gasteiger partial charge on any atom is -0.335 e. The average Bonchev–Trinajstić information content (AvgIpc) is 2.60. The van der Waals surface area contributed by atoms with Crippen LogP contribution in [-0.4, -0.2) is 63.4 Å². The van der Waals surface area contributed by atoms with E-state index in [1.807, 2.05) is 46.8 Å². The third-order valence-electron chi connectivity index (χ3n) is 5.29. The van der Waals surface area contributed by atoms with E-state index in [0.717, 1.165) is 28.0 Å². The smallest absolute Gasteiger partial charge is 0.321 e. The van der Waals surface area contributed by atoms with Crippen LogP contribution in [0.2, 0.25) is 0 Å². The van der Waals surface area contributed by atoms with Crippen molar-refractivity contribution < 1.29 is 22.9 Å². The summed E-state index contributed by atoms with van der Waals surface area (Å²) in [4.78, 5) is 25.2. The van der Waals surface area contributed by atoms with Crippen molar-refractivity contribution in [3.8, 4) is 0 Å². The van der Waals surface area contributed by atoms with Gasteiger partial charge in [0.25, 0.3) is 5.91 Å². The number of amides is 3. The van der Waals surface area contributed by atoms with E-state index >= 15 is 0 Å². The third-order valence-corrected chi connectivity index (χ3v) is 7.49. The van der Waals surface area contributed by atoms with Gasteiger partial charge >= 0.3 is 6.03 Å². The minimum absolute atomic E-state index is 0.00224. The summed E-state index contributed by atoms with van der Waals surface area (Å²) in [5.41, 5.74) is 2.55. The zero-order valence-electron chi connectivity index (χ0n) is 18.0. The lowest BCUT2D eigenvalue weighted by molar-refractivity contribution is -0.895. The SMILES string of the molecule is CC[C@@H](C)NC(=O)NC(=O)C[NH+]1CCN(S(=O)(=O)c2c(C)cc(C)cc2C)CC1. The largest absolute Gasteiger partial charge is 0.335 e. The number of piperazine rings is 1. The Kier molecular flexibility index (Phi) is 7.79. The fourth-order valence-electron chi connectivity index (χ4n) is 3.68. The summed E-state index contributed by atoms with van der Waals surface area (Å²) in [6.07, 6.45) is 0.781. The van der Waals surface area contributed by atoms with Crippen LogP contribution in [0.25, 0.3) is 0 Å². The van der Waals surface area contributed by atoms with Gasteiger partial charge < -0.3 is 10.2 Å². The van der Waals surface area contributed by atoms with E-state index in [-0.39, 0.29) is 18.5 Å². The fourth-order valence-corrected chi connectivity index (χ4v) is 5.54. The number of nitrogens with one attached hydrogen (secondary N) is 3. The number of hydrogen-bond donors (Lipinski definition) is 3. The lowest BCUT2D eigenvalue weighted by Crippen LogP contribution is -3.15. The highest BCUT2D eigenvalue weighted by Gasteiger charge is 2.33. The summed E-state index contributed by atoms with van der Waals surface area (Å²) >= 11 is 0. The summed E-state index contributed by atoms with van der Waals surface area (Å²) < 4.78 is 27.8. The molecule has 1 aromatic carbocycles. The lowest BCUT2D eigenvalue weighted by Gasteiger charge is -2.31. The van der Waals surface area contributed by atoms with Crippen LogP contribution in [0.3, 0.4) is 0 Å². The predicted molar refractivity (Wildman–Crippen MR) is 111 cm³/mol. The third kappa shape index (κ3) is 6.01. The number of rotatable bonds is 6. The monoisotopic (exact) mass is 425 g/mol. The molecule has 162 valence electrons. The van der Waals surface area contributed by atoms with Crippen LogP contribution in [0.15, 0.2) is 17.0 Å². The van der Waals surface area contributed by atoms with Gasteiger partial charge in [0.1, 0.15) is 0 Å². The van der Waals surface area contributed by atoms with Crippen LogP contribution < -0.4 is 15.5 Å². The molecular weight excluding hydrogens is 392 g/mol. The number of urea groups is 1. The van der Waals surface area contributed by atoms with Crippen molar-refractivity contribution >= 4 is 22.0 Å². The summed E-state index contributed by atoms with van der Waals surface area (Å²) in [5.74, 6) is -0.359. The van der Waals surface area contributed by atoms with Gasteiger partial charge in [-0.3, -0.25) is 10.1 Å². The van der Waals surface area contributed by atoms with Crippen LogP contribution in [0.4, 0.5) is 4.79 Å². The quantitative estimate of drug-likeness (QED) is 0.603. The van der Waals surface area contributed by atoms with Gasteiger partial charge in [0, 0.05) is 6.04 Å². The van der Waals surface area contributed by atoms with E-state index in [0.29, 0.717) is 31.1 Å². The molecule has 0 aromatic heterocycles. The molecule has 3 N–H and O–H groups in total. The van der Waals surface area contributed by atoms with E-state index in [1.54, 1.807) is 0 Å². The van der Waals surface area contributed by atoms with Crippen LogP contribution in [0, 0.1) is 20.8 Å². The zero-order valence-corrected chi connectivity index (χ0v) is 18.8. The first-order valence-corrected chi connectivity index (χ1v) is 11.5. The Bertz CT molecular complexity index is 838. The van der Waals surface area contributed by atoms with Crippen LogP contribution >= 0.6 is 0 Å². The van der Waals surface area contributed by atoms with Gasteiger partial charge in [-0.1, -0.05) is 24.6 Å². The normalized spacial score (nSPS) is 17.0. The molecule has 1 aromatic rings. The molecular formula is C20H33N4O4S+. The molecule has 1 aliphatic heterocycles. The first-order valence-electron chi connectivity index (χ1n) is 10.1. The highest BCUT2D eigenvalue weighted by atomic mass is 32.2. The second-order valence-corrected chi connectivity index (χ2v) is 9.76. The Morgan fingerprint density at radius 2 is 1.69 bits per heavy atom. The Morgan fingerprint density at radius 1 is 1.14 bits per heavy atom. The molecule has 1 aliphatic rings. The molecule has 1 saturated heterocycles. The maximum absolute atomic E-state index is 13.1. The maximum atomic E-state index is 13.1. The van der Waals surface area contributed by atoms with Gasteiger partial charge in [0.05, 0.1) is 31.1 Å². The number of carbonyl (C=O) groups excluding carboxylic acids is 2. The van der Waals surface area contributed by atoms with Gasteiger partial charge in [0.2, 0.25) is 10.0 Å². The summed E-state index contributed by atoms with van der Waals surface area (Å²) in [6.45, 7) is 11.3. The van der Waals surface area contributed by atoms with E-state index in [2.05, 4.69) is 10.6 Å². The number of sulfonamides is 1. The molecule has 0 unspecified atom stereocenters. The van der Waals surface area contributed by atoms with Crippen molar-refractivity contribution in [1.29, 1.82) is 0 Å². The molecule has 29 heavy (non-hydrogen) atoms. The zero-order chi connectivity index (χ0) is 21.8. The van der Waals surface area contributed by atoms with Crippen molar-refractivity contribution in [2.75, 3.05) is 32.7 Å². The van der Waals surface area contributed by atoms with Crippen molar-refractivity contribution in [2.45, 2.75) is 52.0 Å². The molecule has 0 saturated carbocycles. The first-order chi connectivity index (χ1) is 13.5. The topological polar surface area (TPSA) is 100 Å². The number of nitrogens with zero attached hydrogens (tertiary/aromatic N) is 1. The Hall–Kier alpha value is -1.97. The van der Waals surface area contributed by atoms with Crippen molar-refractivity contribution in [3.05, 3.63) is 28.8 Å². The van der Waals surface area contributed by atoms with Crippen LogP contribution in [0.5, 0.6) is 0 Å². The molecule has 0 radical (unpaired) electrons. The van der Waals surface area contributed by atoms with E-state index in [1.165, 1.54) is 4.31 Å². The summed E-state index contributed by atoms with van der Waals surface area (Å²) in [6, 6.07) is 3.28. The van der Waals surface area contributed by atoms with Gasteiger partial charge in [-0.25, -0.2) is 13.2 Å². The highest BCUT2D eigenvalue weighted by Crippen LogP contribution is 2.25. The molecule has 0 bridgehead atoms. The first kappa shape index (κ1) is 23.3. The van der Waals surface area contributed by atoms with Crippen molar-refractivity contribution in [3.63, 3.8) is 0 Å². The fraction of sp³-hybridized carbons (Fsp3) is 0.600. The van der Waals surface area contributed by atoms with Gasteiger partial charge in [-0.2, -0.15) is 4.31 Å². The van der Waals surface area contributed by atoms with Gasteiger partial charge in [-0.05, 0) is 45.2 Å². The number of hydrogen-bond acceptors (Lipinski definition) is 4. The Labute approximate surface area is 173 Å². The molecule has 9 heteroatoms. The number of carbonyl (C=O) groups is 2. The number of imide groups is 1. The molecule has 0 spiro atoms. The number of quaternary nitrogens is 1. The molecule has 1 fully saturated rings. The maximum Gasteiger partial charge on any atom is 0.321 e. The molecule has 2 rings (SSSR count). The average molecular weight is 426 g/mol. The van der Waals surface area contributed by atoms with Crippen LogP contribution in [-0.2, 0) is 14.8 Å². The summed E-state index contributed by atoms with van der Waals surface area (Å²) in [7, 11) is -3.57. The molecule has 1 heterocycles. The predicted octanol–water partition coefficient (Wildman–Crippen LogP) is 0.125. The molecule has 3 amide bonds. The van der Waals surface area contributed by atoms with Gasteiger partial charge in [-0.15, -0.1) is 0 Å². The molecule has 1 atom stereocenters. The molecule has 8 nitrogen and oxygen atoms in total. The van der Waals surface area contributed by atoms with Gasteiger partial charge in [0.15, 0.2) is 6.54 Å². The summed E-state index contributed by atoms with van der Waals surface area (Å²) in [5, 5.41) is 5.03. The van der Waals surface area contributed by atoms with Crippen LogP contribution in [0.1, 0.15) is 37.0 Å². The second-order valence-electron chi connectivity index (χ2n) is 7.89. The Balaban J connectivity index is 1.93. The second kappa shape index (κ2) is 9.69. The Morgan fingerprint density at radius 3 is 2.21 bits per heavy atom. The van der Waals surface area contributed by atoms with Crippen molar-refractivity contribution in [2.24, 2.45) is 0 Å². The van der Waals surface area contributed by atoms with E-state index in [9.17, 15) is 18.0 Å². The highest BCUT2D eigenvalue weighted by molar-refractivity contribution is 7.89.